The van der Waals surface area contributed by atoms with E-state index in [-0.39, 0.29) is 51.4 Å². The fourth-order valence-electron chi connectivity index (χ4n) is 0.516. The standard InChI is InChI=1S/C4H8OSi.K/c1-2-4-6-5-3-1;/h1-4H2;/q;+1. The van der Waals surface area contributed by atoms with E-state index in [1.165, 1.54) is 18.9 Å². The molecule has 0 spiro atoms. The molecular weight excluding hydrogens is 131 g/mol. The van der Waals surface area contributed by atoms with Crippen molar-refractivity contribution in [3.8, 4) is 0 Å². The van der Waals surface area contributed by atoms with Crippen LogP contribution >= 0.6 is 0 Å². The molecule has 7 heavy (non-hydrogen) atoms. The van der Waals surface area contributed by atoms with Crippen molar-refractivity contribution < 1.29 is 55.8 Å². The molecule has 0 atom stereocenters. The monoisotopic (exact) mass is 139 g/mol. The first-order valence-electron chi connectivity index (χ1n) is 2.35. The van der Waals surface area contributed by atoms with E-state index in [1.54, 1.807) is 0 Å². The molecule has 0 saturated carbocycles. The maximum atomic E-state index is 5.10. The topological polar surface area (TPSA) is 9.23 Å². The van der Waals surface area contributed by atoms with E-state index in [2.05, 4.69) is 0 Å². The summed E-state index contributed by atoms with van der Waals surface area (Å²) < 4.78 is 5.10. The van der Waals surface area contributed by atoms with Gasteiger partial charge >= 0.3 is 51.4 Å². The Hall–Kier alpha value is 1.81. The zero-order valence-electron chi connectivity index (χ0n) is 4.74. The van der Waals surface area contributed by atoms with E-state index in [0.717, 1.165) is 16.4 Å². The zero-order chi connectivity index (χ0) is 4.24. The molecule has 3 heteroatoms. The molecule has 0 bridgehead atoms. The molecular formula is C4H8KOSi+. The van der Waals surface area contributed by atoms with Gasteiger partial charge in [0.25, 0.3) is 0 Å². The van der Waals surface area contributed by atoms with E-state index in [9.17, 15) is 0 Å². The number of rotatable bonds is 0. The van der Waals surface area contributed by atoms with Crippen LogP contribution in [0.5, 0.6) is 0 Å². The van der Waals surface area contributed by atoms with Gasteiger partial charge in [0.15, 0.2) is 0 Å². The summed E-state index contributed by atoms with van der Waals surface area (Å²) in [5.41, 5.74) is 0. The van der Waals surface area contributed by atoms with Crippen LogP contribution in [0.1, 0.15) is 12.8 Å². The minimum absolute atomic E-state index is 0. The van der Waals surface area contributed by atoms with Crippen LogP contribution in [-0.4, -0.2) is 16.4 Å². The second-order valence-corrected chi connectivity index (χ2v) is 2.53. The van der Waals surface area contributed by atoms with Gasteiger partial charge in [-0.25, -0.2) is 0 Å². The summed E-state index contributed by atoms with van der Waals surface area (Å²) in [6, 6.07) is 1.31. The quantitative estimate of drug-likeness (QED) is 0.347. The molecule has 34 valence electrons. The van der Waals surface area contributed by atoms with Gasteiger partial charge < -0.3 is 4.43 Å². The smallest absolute Gasteiger partial charge is 0.417 e. The van der Waals surface area contributed by atoms with Crippen LogP contribution in [0, 0.1) is 0 Å². The van der Waals surface area contributed by atoms with Gasteiger partial charge in [0, 0.05) is 6.61 Å². The number of hydrogen-bond donors (Lipinski definition) is 0. The van der Waals surface area contributed by atoms with Crippen LogP contribution < -0.4 is 51.4 Å². The summed E-state index contributed by atoms with van der Waals surface area (Å²) in [6.45, 7) is 1.01. The van der Waals surface area contributed by atoms with Crippen LogP contribution in [0.15, 0.2) is 0 Å². The largest absolute Gasteiger partial charge is 1.00 e. The van der Waals surface area contributed by atoms with Crippen LogP contribution in [0.3, 0.4) is 0 Å². The van der Waals surface area contributed by atoms with Crippen LogP contribution in [0.25, 0.3) is 0 Å². The molecule has 0 aromatic carbocycles. The molecule has 0 N–H and O–H groups in total. The normalized spacial score (nSPS) is 20.6. The SMILES string of the molecule is C1CC[Si]OC1.[K+]. The first kappa shape index (κ1) is 8.81. The third-order valence-corrected chi connectivity index (χ3v) is 1.84. The van der Waals surface area contributed by atoms with Crippen molar-refractivity contribution in [2.75, 3.05) is 6.61 Å². The van der Waals surface area contributed by atoms with E-state index in [0.29, 0.717) is 0 Å². The van der Waals surface area contributed by atoms with E-state index < -0.39 is 0 Å². The van der Waals surface area contributed by atoms with Gasteiger partial charge in [0.2, 0.25) is 9.76 Å². The molecule has 1 fully saturated rings. The summed E-state index contributed by atoms with van der Waals surface area (Å²) in [4.78, 5) is 0. The average molecular weight is 139 g/mol. The first-order valence-corrected chi connectivity index (χ1v) is 3.46. The van der Waals surface area contributed by atoms with Gasteiger partial charge in [-0.2, -0.15) is 0 Å². The molecule has 1 rings (SSSR count). The Balaban J connectivity index is 0.000000360. The molecule has 1 nitrogen and oxygen atoms in total. The molecule has 0 unspecified atom stereocenters. The molecule has 2 radical (unpaired) electrons. The maximum Gasteiger partial charge on any atom is 1.00 e. The molecule has 0 aliphatic carbocycles. The van der Waals surface area contributed by atoms with Gasteiger partial charge in [0.1, 0.15) is 0 Å². The summed E-state index contributed by atoms with van der Waals surface area (Å²) in [7, 11) is 0.802. The van der Waals surface area contributed by atoms with Crippen molar-refractivity contribution in [2.24, 2.45) is 0 Å². The molecule has 1 aliphatic rings. The third-order valence-electron chi connectivity index (χ3n) is 0.877. The Bertz CT molecular complexity index is 27.2. The molecule has 1 aliphatic heterocycles. The first-order chi connectivity index (χ1) is 3.00. The maximum absolute atomic E-state index is 5.10. The Morgan fingerprint density at radius 3 is 2.29 bits per heavy atom. The molecule has 0 aromatic rings. The van der Waals surface area contributed by atoms with E-state index in [4.69, 9.17) is 4.43 Å². The summed E-state index contributed by atoms with van der Waals surface area (Å²) >= 11 is 0. The predicted octanol–water partition coefficient (Wildman–Crippen LogP) is -2.16. The summed E-state index contributed by atoms with van der Waals surface area (Å²) in [6.07, 6.45) is 2.67. The van der Waals surface area contributed by atoms with Crippen molar-refractivity contribution in [2.45, 2.75) is 18.9 Å². The van der Waals surface area contributed by atoms with Gasteiger partial charge in [-0.05, 0) is 12.5 Å². The minimum atomic E-state index is 0. The van der Waals surface area contributed by atoms with Gasteiger partial charge in [0.05, 0.1) is 0 Å². The fraction of sp³-hybridized carbons (Fsp3) is 1.00. The van der Waals surface area contributed by atoms with Crippen LogP contribution in [-0.2, 0) is 4.43 Å². The van der Waals surface area contributed by atoms with Crippen molar-refractivity contribution >= 4 is 9.76 Å². The Morgan fingerprint density at radius 1 is 1.29 bits per heavy atom. The van der Waals surface area contributed by atoms with Crippen molar-refractivity contribution in [3.63, 3.8) is 0 Å². The zero-order valence-corrected chi connectivity index (χ0v) is 8.86. The summed E-state index contributed by atoms with van der Waals surface area (Å²) in [5.74, 6) is 0. The molecule has 1 heterocycles. The predicted molar refractivity (Wildman–Crippen MR) is 25.7 cm³/mol. The van der Waals surface area contributed by atoms with Crippen molar-refractivity contribution in [3.05, 3.63) is 0 Å². The fourth-order valence-corrected chi connectivity index (χ4v) is 1.34. The van der Waals surface area contributed by atoms with Gasteiger partial charge in [-0.3, -0.25) is 0 Å². The van der Waals surface area contributed by atoms with Gasteiger partial charge in [-0.1, -0.05) is 6.42 Å². The second kappa shape index (κ2) is 5.94. The summed E-state index contributed by atoms with van der Waals surface area (Å²) in [5, 5.41) is 0. The number of hydrogen-bond acceptors (Lipinski definition) is 1. The van der Waals surface area contributed by atoms with Crippen LogP contribution in [0.4, 0.5) is 0 Å². The van der Waals surface area contributed by atoms with E-state index in [1.807, 2.05) is 0 Å². The minimum Gasteiger partial charge on any atom is -0.417 e. The van der Waals surface area contributed by atoms with E-state index >= 15 is 0 Å². The Labute approximate surface area is 89.6 Å². The van der Waals surface area contributed by atoms with Gasteiger partial charge in [-0.15, -0.1) is 0 Å². The molecule has 0 amide bonds. The average Bonchev–Trinajstić information content (AvgIpc) is 1.72. The Morgan fingerprint density at radius 2 is 2.14 bits per heavy atom. The third kappa shape index (κ3) is 4.33. The Kier molecular flexibility index (Phi) is 7.48. The van der Waals surface area contributed by atoms with Crippen molar-refractivity contribution in [1.82, 2.24) is 0 Å². The van der Waals surface area contributed by atoms with Crippen molar-refractivity contribution in [1.29, 1.82) is 0 Å². The van der Waals surface area contributed by atoms with Crippen LogP contribution in [0.2, 0.25) is 6.04 Å². The molecule has 1 saturated heterocycles. The molecule has 0 aromatic heterocycles. The second-order valence-electron chi connectivity index (χ2n) is 1.45.